The Labute approximate surface area is 135 Å². The smallest absolute Gasteiger partial charge is 0.123 e. The summed E-state index contributed by atoms with van der Waals surface area (Å²) in [5.74, 6) is 1.04. The fourth-order valence-electron chi connectivity index (χ4n) is 3.37. The summed E-state index contributed by atoms with van der Waals surface area (Å²) in [5.41, 5.74) is 4.42. The van der Waals surface area contributed by atoms with Gasteiger partial charge in [0.1, 0.15) is 5.82 Å². The van der Waals surface area contributed by atoms with E-state index in [1.54, 1.807) is 12.3 Å². The lowest BCUT2D eigenvalue weighted by atomic mass is 9.97. The molecule has 0 amide bonds. The number of halogens is 1. The minimum absolute atomic E-state index is 0.170. The van der Waals surface area contributed by atoms with Gasteiger partial charge in [-0.05, 0) is 66.1 Å². The molecule has 1 heterocycles. The third-order valence-corrected chi connectivity index (χ3v) is 4.64. The molecule has 0 spiro atoms. The van der Waals surface area contributed by atoms with E-state index in [2.05, 4.69) is 29.2 Å². The van der Waals surface area contributed by atoms with Crippen LogP contribution < -0.4 is 0 Å². The van der Waals surface area contributed by atoms with E-state index >= 15 is 0 Å². The van der Waals surface area contributed by atoms with Crippen molar-refractivity contribution >= 4 is 0 Å². The summed E-state index contributed by atoms with van der Waals surface area (Å²) in [6.45, 7) is 0. The van der Waals surface area contributed by atoms with Crippen LogP contribution in [-0.2, 0) is 6.42 Å². The van der Waals surface area contributed by atoms with E-state index in [0.29, 0.717) is 11.8 Å². The molecular formula is C21H18FN. The van der Waals surface area contributed by atoms with Crippen LogP contribution in [0, 0.1) is 11.7 Å². The van der Waals surface area contributed by atoms with Crippen molar-refractivity contribution in [2.75, 3.05) is 0 Å². The number of benzene rings is 2. The second-order valence-corrected chi connectivity index (χ2v) is 6.23. The summed E-state index contributed by atoms with van der Waals surface area (Å²) in [5, 5.41) is 0. The molecule has 3 aromatic rings. The zero-order valence-electron chi connectivity index (χ0n) is 12.8. The summed E-state index contributed by atoms with van der Waals surface area (Å²) in [7, 11) is 0. The van der Waals surface area contributed by atoms with E-state index in [1.165, 1.54) is 18.1 Å². The molecule has 114 valence electrons. The van der Waals surface area contributed by atoms with Gasteiger partial charge in [-0.1, -0.05) is 36.4 Å². The molecule has 0 unspecified atom stereocenters. The number of aromatic nitrogens is 1. The van der Waals surface area contributed by atoms with Gasteiger partial charge in [-0.3, -0.25) is 4.98 Å². The van der Waals surface area contributed by atoms with Gasteiger partial charge < -0.3 is 0 Å². The van der Waals surface area contributed by atoms with Crippen LogP contribution in [0.1, 0.15) is 23.5 Å². The van der Waals surface area contributed by atoms with Gasteiger partial charge in [0.05, 0.1) is 5.69 Å². The summed E-state index contributed by atoms with van der Waals surface area (Å²) in [6.07, 6.45) is 3.87. The van der Waals surface area contributed by atoms with Crippen LogP contribution >= 0.6 is 0 Å². The Kier molecular flexibility index (Phi) is 3.66. The van der Waals surface area contributed by atoms with Crippen LogP contribution in [0.25, 0.3) is 11.3 Å². The minimum Gasteiger partial charge on any atom is -0.256 e. The van der Waals surface area contributed by atoms with Crippen molar-refractivity contribution in [3.8, 4) is 11.3 Å². The second kappa shape index (κ2) is 5.96. The Morgan fingerprint density at radius 2 is 1.78 bits per heavy atom. The van der Waals surface area contributed by atoms with Crippen LogP contribution in [0.3, 0.4) is 0 Å². The average molecular weight is 303 g/mol. The first-order valence-corrected chi connectivity index (χ1v) is 8.06. The molecule has 23 heavy (non-hydrogen) atoms. The monoisotopic (exact) mass is 303 g/mol. The molecule has 2 heteroatoms. The molecule has 0 radical (unpaired) electrons. The number of hydrogen-bond donors (Lipinski definition) is 0. The molecule has 2 aromatic carbocycles. The van der Waals surface area contributed by atoms with Crippen LogP contribution in [0.15, 0.2) is 72.9 Å². The summed E-state index contributed by atoms with van der Waals surface area (Å²) in [6, 6.07) is 21.5. The standard InChI is InChI=1S/C21H18FN/c22-18-9-10-19(21-8-4-5-11-23-21)16(13-18)12-17-14-20(17)15-6-2-1-3-7-15/h1-11,13,17,20H,12,14H2/t17-,20-/m1/s1. The van der Waals surface area contributed by atoms with Crippen LogP contribution in [0.2, 0.25) is 0 Å². The zero-order chi connectivity index (χ0) is 15.6. The normalized spacial score (nSPS) is 19.5. The highest BCUT2D eigenvalue weighted by atomic mass is 19.1. The molecule has 0 saturated heterocycles. The van der Waals surface area contributed by atoms with Gasteiger partial charge >= 0.3 is 0 Å². The molecule has 0 N–H and O–H groups in total. The van der Waals surface area contributed by atoms with Crippen molar-refractivity contribution in [3.05, 3.63) is 89.9 Å². The van der Waals surface area contributed by atoms with E-state index in [1.807, 2.05) is 30.3 Å². The third-order valence-electron chi connectivity index (χ3n) is 4.64. The zero-order valence-corrected chi connectivity index (χ0v) is 12.8. The number of pyridine rings is 1. The van der Waals surface area contributed by atoms with Crippen molar-refractivity contribution in [1.29, 1.82) is 0 Å². The van der Waals surface area contributed by atoms with Gasteiger partial charge in [0.25, 0.3) is 0 Å². The highest BCUT2D eigenvalue weighted by Crippen LogP contribution is 2.49. The molecule has 1 aromatic heterocycles. The lowest BCUT2D eigenvalue weighted by Crippen LogP contribution is -1.96. The van der Waals surface area contributed by atoms with E-state index < -0.39 is 0 Å². The molecule has 0 aliphatic heterocycles. The summed E-state index contributed by atoms with van der Waals surface area (Å²) in [4.78, 5) is 4.42. The van der Waals surface area contributed by atoms with Crippen LogP contribution in [0.4, 0.5) is 4.39 Å². The van der Waals surface area contributed by atoms with Gasteiger partial charge in [-0.2, -0.15) is 0 Å². The number of nitrogens with zero attached hydrogens (tertiary/aromatic N) is 1. The fourth-order valence-corrected chi connectivity index (χ4v) is 3.37. The van der Waals surface area contributed by atoms with Crippen LogP contribution in [0.5, 0.6) is 0 Å². The predicted molar refractivity (Wildman–Crippen MR) is 90.6 cm³/mol. The first-order chi connectivity index (χ1) is 11.3. The first kappa shape index (κ1) is 14.1. The molecule has 4 rings (SSSR count). The highest BCUT2D eigenvalue weighted by molar-refractivity contribution is 5.63. The van der Waals surface area contributed by atoms with Crippen molar-refractivity contribution in [2.45, 2.75) is 18.8 Å². The Hall–Kier alpha value is -2.48. The SMILES string of the molecule is Fc1ccc(-c2ccccn2)c(C[C@@H]2C[C@@H]2c2ccccc2)c1. The molecule has 1 aliphatic rings. The van der Waals surface area contributed by atoms with E-state index in [9.17, 15) is 4.39 Å². The molecule has 1 nitrogen and oxygen atoms in total. The topological polar surface area (TPSA) is 12.9 Å². The lowest BCUT2D eigenvalue weighted by molar-refractivity contribution is 0.624. The van der Waals surface area contributed by atoms with Crippen molar-refractivity contribution in [2.24, 2.45) is 5.92 Å². The molecular weight excluding hydrogens is 285 g/mol. The van der Waals surface area contributed by atoms with Crippen molar-refractivity contribution in [1.82, 2.24) is 4.98 Å². The van der Waals surface area contributed by atoms with Gasteiger partial charge in [0.2, 0.25) is 0 Å². The van der Waals surface area contributed by atoms with E-state index in [4.69, 9.17) is 0 Å². The summed E-state index contributed by atoms with van der Waals surface area (Å²) < 4.78 is 13.7. The quantitative estimate of drug-likeness (QED) is 0.643. The Morgan fingerprint density at radius 3 is 2.57 bits per heavy atom. The Bertz CT molecular complexity index is 799. The summed E-state index contributed by atoms with van der Waals surface area (Å²) >= 11 is 0. The van der Waals surface area contributed by atoms with Gasteiger partial charge in [0.15, 0.2) is 0 Å². The van der Waals surface area contributed by atoms with E-state index in [0.717, 1.165) is 23.2 Å². The van der Waals surface area contributed by atoms with E-state index in [-0.39, 0.29) is 5.82 Å². The first-order valence-electron chi connectivity index (χ1n) is 8.06. The largest absolute Gasteiger partial charge is 0.256 e. The molecule has 0 bridgehead atoms. The molecule has 2 atom stereocenters. The van der Waals surface area contributed by atoms with Gasteiger partial charge in [-0.15, -0.1) is 0 Å². The van der Waals surface area contributed by atoms with Gasteiger partial charge in [0, 0.05) is 11.8 Å². The maximum absolute atomic E-state index is 13.7. The molecule has 1 aliphatic carbocycles. The Balaban J connectivity index is 1.59. The number of rotatable bonds is 4. The minimum atomic E-state index is -0.170. The van der Waals surface area contributed by atoms with Crippen LogP contribution in [-0.4, -0.2) is 4.98 Å². The predicted octanol–water partition coefficient (Wildman–Crippen LogP) is 5.23. The lowest BCUT2D eigenvalue weighted by Gasteiger charge is -2.09. The van der Waals surface area contributed by atoms with Crippen molar-refractivity contribution in [3.63, 3.8) is 0 Å². The molecule has 1 saturated carbocycles. The van der Waals surface area contributed by atoms with Gasteiger partial charge in [-0.25, -0.2) is 4.39 Å². The maximum Gasteiger partial charge on any atom is 0.123 e. The Morgan fingerprint density at radius 1 is 0.957 bits per heavy atom. The van der Waals surface area contributed by atoms with Crippen molar-refractivity contribution < 1.29 is 4.39 Å². The fraction of sp³-hybridized carbons (Fsp3) is 0.190. The molecule has 1 fully saturated rings. The number of hydrogen-bond acceptors (Lipinski definition) is 1. The highest BCUT2D eigenvalue weighted by Gasteiger charge is 2.38. The average Bonchev–Trinajstić information content (AvgIpc) is 3.36. The third kappa shape index (κ3) is 3.02. The second-order valence-electron chi connectivity index (χ2n) is 6.23. The maximum atomic E-state index is 13.7.